The minimum absolute atomic E-state index is 0.0964. The van der Waals surface area contributed by atoms with Crippen molar-refractivity contribution in [2.75, 3.05) is 0 Å². The van der Waals surface area contributed by atoms with Gasteiger partial charge in [0.2, 0.25) is 0 Å². The van der Waals surface area contributed by atoms with Gasteiger partial charge in [-0.25, -0.2) is 4.98 Å². The average molecular weight is 233 g/mol. The van der Waals surface area contributed by atoms with Crippen molar-refractivity contribution < 1.29 is 0 Å². The minimum Gasteiger partial charge on any atom is -0.306 e. The van der Waals surface area contributed by atoms with E-state index in [-0.39, 0.29) is 5.54 Å². The topological polar surface area (TPSA) is 47.7 Å². The third-order valence-electron chi connectivity index (χ3n) is 2.46. The van der Waals surface area contributed by atoms with E-state index in [1.807, 2.05) is 30.1 Å². The van der Waals surface area contributed by atoms with E-state index in [1.54, 1.807) is 11.0 Å². The van der Waals surface area contributed by atoms with Crippen LogP contribution >= 0.6 is 0 Å². The monoisotopic (exact) mass is 233 g/mol. The van der Waals surface area contributed by atoms with Crippen molar-refractivity contribution in [1.82, 2.24) is 24.6 Å². The molecule has 0 unspecified atom stereocenters. The van der Waals surface area contributed by atoms with E-state index in [4.69, 9.17) is 0 Å². The molecule has 2 rings (SSSR count). The van der Waals surface area contributed by atoms with Gasteiger partial charge >= 0.3 is 0 Å². The summed E-state index contributed by atoms with van der Waals surface area (Å²) in [6, 6.07) is 1.97. The van der Waals surface area contributed by atoms with Crippen molar-refractivity contribution in [1.29, 1.82) is 0 Å². The van der Waals surface area contributed by atoms with Gasteiger partial charge in [0.05, 0.1) is 5.69 Å². The van der Waals surface area contributed by atoms with Gasteiger partial charge in [0.25, 0.3) is 0 Å². The molecular formula is C12H19N5. The zero-order chi connectivity index (χ0) is 12.5. The number of aryl methyl sites for hydroxylation is 1. The molecule has 5 heteroatoms. The van der Waals surface area contributed by atoms with Gasteiger partial charge in [-0.1, -0.05) is 0 Å². The summed E-state index contributed by atoms with van der Waals surface area (Å²) in [4.78, 5) is 4.18. The molecule has 0 amide bonds. The van der Waals surface area contributed by atoms with Gasteiger partial charge in [-0.3, -0.25) is 9.25 Å². The van der Waals surface area contributed by atoms with Crippen molar-refractivity contribution in [2.45, 2.75) is 32.9 Å². The second kappa shape index (κ2) is 4.33. The molecular weight excluding hydrogens is 214 g/mol. The fourth-order valence-corrected chi connectivity index (χ4v) is 1.55. The van der Waals surface area contributed by atoms with E-state index in [2.05, 4.69) is 36.2 Å². The maximum atomic E-state index is 4.37. The summed E-state index contributed by atoms with van der Waals surface area (Å²) in [5.41, 5.74) is 1.21. The molecule has 92 valence electrons. The number of hydrogen-bond acceptors (Lipinski definition) is 3. The predicted molar refractivity (Wildman–Crippen MR) is 66.9 cm³/mol. The van der Waals surface area contributed by atoms with Crippen LogP contribution in [0, 0.1) is 0 Å². The summed E-state index contributed by atoms with van der Waals surface area (Å²) in [7, 11) is 1.91. The van der Waals surface area contributed by atoms with Crippen LogP contribution in [-0.4, -0.2) is 24.9 Å². The zero-order valence-electron chi connectivity index (χ0n) is 10.8. The van der Waals surface area contributed by atoms with Crippen LogP contribution in [0.1, 0.15) is 26.5 Å². The lowest BCUT2D eigenvalue weighted by molar-refractivity contribution is 0.419. The molecule has 17 heavy (non-hydrogen) atoms. The Morgan fingerprint density at radius 1 is 1.35 bits per heavy atom. The molecule has 0 atom stereocenters. The summed E-state index contributed by atoms with van der Waals surface area (Å²) in [6.07, 6.45) is 5.59. The zero-order valence-corrected chi connectivity index (χ0v) is 10.8. The number of nitrogens with zero attached hydrogens (tertiary/aromatic N) is 4. The Morgan fingerprint density at radius 3 is 2.71 bits per heavy atom. The van der Waals surface area contributed by atoms with Crippen molar-refractivity contribution in [2.24, 2.45) is 7.05 Å². The molecule has 0 radical (unpaired) electrons. The fraction of sp³-hybridized carbons (Fsp3) is 0.500. The first-order valence-electron chi connectivity index (χ1n) is 5.72. The molecule has 0 fully saturated rings. The van der Waals surface area contributed by atoms with E-state index in [0.29, 0.717) is 0 Å². The van der Waals surface area contributed by atoms with Gasteiger partial charge in [-0.15, -0.1) is 0 Å². The first-order chi connectivity index (χ1) is 7.96. The highest BCUT2D eigenvalue weighted by Gasteiger charge is 2.11. The second-order valence-electron chi connectivity index (χ2n) is 5.21. The van der Waals surface area contributed by atoms with Crippen LogP contribution in [0.5, 0.6) is 0 Å². The Balaban J connectivity index is 2.17. The molecule has 2 aromatic heterocycles. The minimum atomic E-state index is 0.0964. The lowest BCUT2D eigenvalue weighted by Crippen LogP contribution is -2.35. The van der Waals surface area contributed by atoms with E-state index >= 15 is 0 Å². The number of imidazole rings is 1. The maximum Gasteiger partial charge on any atom is 0.160 e. The van der Waals surface area contributed by atoms with E-state index in [0.717, 1.165) is 18.1 Å². The largest absolute Gasteiger partial charge is 0.306 e. The van der Waals surface area contributed by atoms with Gasteiger partial charge < -0.3 is 5.32 Å². The molecule has 0 aliphatic carbocycles. The first kappa shape index (κ1) is 11.9. The highest BCUT2D eigenvalue weighted by molar-refractivity contribution is 5.23. The lowest BCUT2D eigenvalue weighted by Gasteiger charge is -2.20. The maximum absolute atomic E-state index is 4.37. The molecule has 5 nitrogen and oxygen atoms in total. The Kier molecular flexibility index (Phi) is 3.02. The fourth-order valence-electron chi connectivity index (χ4n) is 1.55. The van der Waals surface area contributed by atoms with E-state index < -0.39 is 0 Å². The molecule has 2 heterocycles. The van der Waals surface area contributed by atoms with Gasteiger partial charge in [-0.2, -0.15) is 5.10 Å². The molecule has 0 bridgehead atoms. The Labute approximate surface area is 101 Å². The number of aromatic nitrogens is 4. The number of hydrogen-bond donors (Lipinski definition) is 1. The van der Waals surface area contributed by atoms with Gasteiger partial charge in [0.1, 0.15) is 6.33 Å². The molecule has 0 aliphatic rings. The second-order valence-corrected chi connectivity index (χ2v) is 5.21. The average Bonchev–Trinajstić information content (AvgIpc) is 2.81. The third-order valence-corrected chi connectivity index (χ3v) is 2.46. The van der Waals surface area contributed by atoms with Crippen LogP contribution in [0.4, 0.5) is 0 Å². The number of nitrogens with one attached hydrogen (secondary N) is 1. The molecule has 0 aromatic carbocycles. The van der Waals surface area contributed by atoms with E-state index in [9.17, 15) is 0 Å². The predicted octanol–water partition coefficient (Wildman–Crippen LogP) is 1.49. The number of rotatable bonds is 3. The summed E-state index contributed by atoms with van der Waals surface area (Å²) in [5, 5.41) is 7.82. The molecule has 0 saturated heterocycles. The molecule has 1 N–H and O–H groups in total. The molecule has 0 saturated carbocycles. The van der Waals surface area contributed by atoms with Crippen LogP contribution in [0.2, 0.25) is 0 Å². The summed E-state index contributed by atoms with van der Waals surface area (Å²) in [6.45, 7) is 7.22. The Bertz CT molecular complexity index is 489. The van der Waals surface area contributed by atoms with Gasteiger partial charge in [-0.05, 0) is 20.8 Å². The van der Waals surface area contributed by atoms with Crippen molar-refractivity contribution >= 4 is 0 Å². The van der Waals surface area contributed by atoms with Gasteiger partial charge in [0, 0.05) is 37.6 Å². The van der Waals surface area contributed by atoms with Crippen molar-refractivity contribution in [3.8, 4) is 5.82 Å². The van der Waals surface area contributed by atoms with Crippen LogP contribution in [0.3, 0.4) is 0 Å². The van der Waals surface area contributed by atoms with Crippen molar-refractivity contribution in [3.63, 3.8) is 0 Å². The first-order valence-corrected chi connectivity index (χ1v) is 5.72. The third kappa shape index (κ3) is 2.94. The van der Waals surface area contributed by atoms with E-state index in [1.165, 1.54) is 0 Å². The Morgan fingerprint density at radius 2 is 2.12 bits per heavy atom. The smallest absolute Gasteiger partial charge is 0.160 e. The summed E-state index contributed by atoms with van der Waals surface area (Å²) < 4.78 is 3.79. The quantitative estimate of drug-likeness (QED) is 0.874. The van der Waals surface area contributed by atoms with Crippen LogP contribution in [-0.2, 0) is 13.6 Å². The normalized spacial score (nSPS) is 12.0. The van der Waals surface area contributed by atoms with Crippen molar-refractivity contribution in [3.05, 3.63) is 30.5 Å². The Hall–Kier alpha value is -1.62. The molecule has 0 aliphatic heterocycles. The van der Waals surface area contributed by atoms with Crippen LogP contribution in [0.25, 0.3) is 5.82 Å². The van der Waals surface area contributed by atoms with Crippen LogP contribution in [0.15, 0.2) is 24.8 Å². The molecule has 2 aromatic rings. The standard InChI is InChI=1S/C12H19N5/c1-12(2,3)14-8-10-7-13-9-17(10)11-5-6-16(4)15-11/h5-7,9,14H,8H2,1-4H3. The summed E-state index contributed by atoms with van der Waals surface area (Å²) >= 11 is 0. The SMILES string of the molecule is Cn1ccc(-n2cncc2CNC(C)(C)C)n1. The lowest BCUT2D eigenvalue weighted by atomic mass is 10.1. The summed E-state index contributed by atoms with van der Waals surface area (Å²) in [5.74, 6) is 0.899. The van der Waals surface area contributed by atoms with Crippen LogP contribution < -0.4 is 5.32 Å². The van der Waals surface area contributed by atoms with Gasteiger partial charge in [0.15, 0.2) is 5.82 Å². The molecule has 0 spiro atoms. The highest BCUT2D eigenvalue weighted by Crippen LogP contribution is 2.09. The highest BCUT2D eigenvalue weighted by atomic mass is 15.3.